The molecule has 2 aliphatic heterocycles. The number of nitrogens with zero attached hydrogens (tertiary/aromatic N) is 2. The minimum Gasteiger partial charge on any atom is -0.366 e. The summed E-state index contributed by atoms with van der Waals surface area (Å²) in [5.74, 6) is -1.46. The van der Waals surface area contributed by atoms with Crippen LogP contribution in [0.2, 0.25) is 0 Å². The van der Waals surface area contributed by atoms with Crippen molar-refractivity contribution in [3.05, 3.63) is 35.4 Å². The Morgan fingerprint density at radius 3 is 2.48 bits per heavy atom. The zero-order valence-corrected chi connectivity index (χ0v) is 15.7. The van der Waals surface area contributed by atoms with Crippen molar-refractivity contribution in [3.8, 4) is 0 Å². The summed E-state index contributed by atoms with van der Waals surface area (Å²) in [5.41, 5.74) is 0.298. The Labute approximate surface area is 149 Å². The van der Waals surface area contributed by atoms with Crippen molar-refractivity contribution < 1.29 is 13.5 Å². The molecule has 2 fully saturated rings. The average molecular weight is 352 g/mol. The molecule has 2 saturated heterocycles. The van der Waals surface area contributed by atoms with Crippen LogP contribution in [-0.4, -0.2) is 60.3 Å². The van der Waals surface area contributed by atoms with E-state index < -0.39 is 11.6 Å². The maximum Gasteiger partial charge on any atom is 0.162 e. The topological polar surface area (TPSA) is 15.7 Å². The van der Waals surface area contributed by atoms with Gasteiger partial charge in [0.1, 0.15) is 0 Å². The van der Waals surface area contributed by atoms with Gasteiger partial charge in [0.15, 0.2) is 11.6 Å². The molecule has 0 amide bonds. The fraction of sp³-hybridized carbons (Fsp3) is 0.700. The molecule has 5 heteroatoms. The van der Waals surface area contributed by atoms with E-state index in [1.54, 1.807) is 12.1 Å². The second-order valence-electron chi connectivity index (χ2n) is 8.15. The van der Waals surface area contributed by atoms with E-state index in [1.165, 1.54) is 6.07 Å². The summed E-state index contributed by atoms with van der Waals surface area (Å²) >= 11 is 0. The number of benzene rings is 1. The van der Waals surface area contributed by atoms with E-state index in [1.807, 2.05) is 0 Å². The van der Waals surface area contributed by atoms with E-state index in [0.717, 1.165) is 52.1 Å². The second kappa shape index (κ2) is 7.29. The molecule has 3 rings (SSSR count). The van der Waals surface area contributed by atoms with Crippen LogP contribution in [0.25, 0.3) is 0 Å². The highest BCUT2D eigenvalue weighted by atomic mass is 19.2. The third-order valence-corrected chi connectivity index (χ3v) is 5.55. The number of halogens is 2. The van der Waals surface area contributed by atoms with Crippen molar-refractivity contribution in [2.45, 2.75) is 51.2 Å². The Hall–Kier alpha value is -1.04. The summed E-state index contributed by atoms with van der Waals surface area (Å²) < 4.78 is 33.6. The summed E-state index contributed by atoms with van der Waals surface area (Å²) in [6, 6.07) is 4.43. The Kier molecular flexibility index (Phi) is 5.47. The standard InChI is InChI=1S/C20H30F2N2O/c1-4-23-14-19(2,3)25-20(15-23)9-12-24(13-10-20)11-8-16-6-5-7-17(21)18(16)22/h5-7H,4,8-15H2,1-3H3. The van der Waals surface area contributed by atoms with Crippen molar-refractivity contribution >= 4 is 0 Å². The van der Waals surface area contributed by atoms with Gasteiger partial charge in [-0.1, -0.05) is 19.1 Å². The third-order valence-electron chi connectivity index (χ3n) is 5.55. The summed E-state index contributed by atoms with van der Waals surface area (Å²) in [6.45, 7) is 12.2. The van der Waals surface area contributed by atoms with Gasteiger partial charge in [-0.3, -0.25) is 4.90 Å². The Balaban J connectivity index is 1.55. The van der Waals surface area contributed by atoms with E-state index in [9.17, 15) is 8.78 Å². The highest BCUT2D eigenvalue weighted by Gasteiger charge is 2.45. The minimum absolute atomic E-state index is 0.0572. The van der Waals surface area contributed by atoms with Crippen LogP contribution >= 0.6 is 0 Å². The minimum atomic E-state index is -0.757. The molecule has 0 saturated carbocycles. The highest BCUT2D eigenvalue weighted by molar-refractivity contribution is 5.19. The number of hydrogen-bond acceptors (Lipinski definition) is 3. The van der Waals surface area contributed by atoms with Crippen LogP contribution in [0.4, 0.5) is 8.78 Å². The molecule has 1 aromatic carbocycles. The Morgan fingerprint density at radius 2 is 1.80 bits per heavy atom. The summed E-state index contributed by atoms with van der Waals surface area (Å²) in [4.78, 5) is 4.83. The maximum atomic E-state index is 13.8. The Bertz CT molecular complexity index is 597. The highest BCUT2D eigenvalue weighted by Crippen LogP contribution is 2.36. The molecule has 25 heavy (non-hydrogen) atoms. The van der Waals surface area contributed by atoms with Crippen LogP contribution in [0.15, 0.2) is 18.2 Å². The first-order valence-electron chi connectivity index (χ1n) is 9.40. The van der Waals surface area contributed by atoms with Crippen molar-refractivity contribution in [3.63, 3.8) is 0 Å². The van der Waals surface area contributed by atoms with Crippen LogP contribution in [0.3, 0.4) is 0 Å². The molecule has 0 unspecified atom stereocenters. The molecular weight excluding hydrogens is 322 g/mol. The number of likely N-dealkylation sites (tertiary alicyclic amines) is 1. The number of hydrogen-bond donors (Lipinski definition) is 0. The van der Waals surface area contributed by atoms with E-state index in [2.05, 4.69) is 30.6 Å². The molecule has 1 aromatic rings. The molecule has 3 nitrogen and oxygen atoms in total. The summed E-state index contributed by atoms with van der Waals surface area (Å²) in [6.07, 6.45) is 2.54. The lowest BCUT2D eigenvalue weighted by molar-refractivity contribution is -0.212. The van der Waals surface area contributed by atoms with Gasteiger partial charge in [0.2, 0.25) is 0 Å². The van der Waals surface area contributed by atoms with Crippen molar-refractivity contribution in [1.82, 2.24) is 9.80 Å². The van der Waals surface area contributed by atoms with Gasteiger partial charge in [-0.25, -0.2) is 8.78 Å². The predicted octanol–water partition coefficient (Wildman–Crippen LogP) is 3.47. The number of likely N-dealkylation sites (N-methyl/N-ethyl adjacent to an activating group) is 1. The molecule has 0 atom stereocenters. The maximum absolute atomic E-state index is 13.8. The molecule has 0 bridgehead atoms. The zero-order valence-electron chi connectivity index (χ0n) is 15.7. The normalized spacial score (nSPS) is 23.9. The largest absolute Gasteiger partial charge is 0.366 e. The van der Waals surface area contributed by atoms with Gasteiger partial charge < -0.3 is 9.64 Å². The monoisotopic (exact) mass is 352 g/mol. The van der Waals surface area contributed by atoms with Crippen LogP contribution in [0, 0.1) is 11.6 Å². The van der Waals surface area contributed by atoms with Gasteiger partial charge in [-0.15, -0.1) is 0 Å². The molecule has 0 aliphatic carbocycles. The molecule has 0 radical (unpaired) electrons. The van der Waals surface area contributed by atoms with E-state index >= 15 is 0 Å². The number of piperidine rings is 1. The quantitative estimate of drug-likeness (QED) is 0.825. The fourth-order valence-corrected chi connectivity index (χ4v) is 4.34. The second-order valence-corrected chi connectivity index (χ2v) is 8.15. The molecule has 0 aromatic heterocycles. The molecule has 2 heterocycles. The molecule has 1 spiro atoms. The van der Waals surface area contributed by atoms with E-state index in [0.29, 0.717) is 12.0 Å². The number of ether oxygens (including phenoxy) is 1. The van der Waals surface area contributed by atoms with E-state index in [-0.39, 0.29) is 11.2 Å². The van der Waals surface area contributed by atoms with Crippen LogP contribution < -0.4 is 0 Å². The van der Waals surface area contributed by atoms with Gasteiger partial charge in [0, 0.05) is 32.7 Å². The molecule has 0 N–H and O–H groups in total. The van der Waals surface area contributed by atoms with Crippen LogP contribution in [-0.2, 0) is 11.2 Å². The van der Waals surface area contributed by atoms with Crippen LogP contribution in [0.5, 0.6) is 0 Å². The van der Waals surface area contributed by atoms with E-state index in [4.69, 9.17) is 4.74 Å². The Morgan fingerprint density at radius 1 is 1.08 bits per heavy atom. The SMILES string of the molecule is CCN1CC(C)(C)OC2(CCN(CCc3cccc(F)c3F)CC2)C1. The van der Waals surface area contributed by atoms with Gasteiger partial charge in [0.05, 0.1) is 11.2 Å². The van der Waals surface area contributed by atoms with Gasteiger partial charge >= 0.3 is 0 Å². The van der Waals surface area contributed by atoms with Crippen molar-refractivity contribution in [1.29, 1.82) is 0 Å². The average Bonchev–Trinajstić information content (AvgIpc) is 2.56. The molecule has 140 valence electrons. The predicted molar refractivity (Wildman–Crippen MR) is 95.7 cm³/mol. The lowest BCUT2D eigenvalue weighted by atomic mass is 9.86. The molecular formula is C20H30F2N2O. The van der Waals surface area contributed by atoms with Gasteiger partial charge in [-0.05, 0) is 51.3 Å². The lowest BCUT2D eigenvalue weighted by Crippen LogP contribution is -2.62. The lowest BCUT2D eigenvalue weighted by Gasteiger charge is -2.53. The molecule has 2 aliphatic rings. The van der Waals surface area contributed by atoms with Crippen molar-refractivity contribution in [2.75, 3.05) is 39.3 Å². The first-order chi connectivity index (χ1) is 11.8. The third kappa shape index (κ3) is 4.39. The summed E-state index contributed by atoms with van der Waals surface area (Å²) in [5, 5.41) is 0. The number of morpholine rings is 1. The smallest absolute Gasteiger partial charge is 0.162 e. The fourth-order valence-electron chi connectivity index (χ4n) is 4.34. The van der Waals surface area contributed by atoms with Crippen LogP contribution in [0.1, 0.15) is 39.2 Å². The zero-order chi connectivity index (χ0) is 18.1. The van der Waals surface area contributed by atoms with Crippen molar-refractivity contribution in [2.24, 2.45) is 0 Å². The first kappa shape index (κ1) is 18.7. The first-order valence-corrected chi connectivity index (χ1v) is 9.40. The number of rotatable bonds is 4. The van der Waals surface area contributed by atoms with Gasteiger partial charge in [-0.2, -0.15) is 0 Å². The summed E-state index contributed by atoms with van der Waals surface area (Å²) in [7, 11) is 0. The van der Waals surface area contributed by atoms with Gasteiger partial charge in [0.25, 0.3) is 0 Å².